The van der Waals surface area contributed by atoms with Gasteiger partial charge in [-0.05, 0) is 25.1 Å². The Morgan fingerprint density at radius 2 is 2.11 bits per heavy atom. The second kappa shape index (κ2) is 6.81. The average Bonchev–Trinajstić information content (AvgIpc) is 3.27. The summed E-state index contributed by atoms with van der Waals surface area (Å²) in [6.07, 6.45) is 1.62. The third-order valence-corrected chi connectivity index (χ3v) is 5.07. The van der Waals surface area contributed by atoms with Crippen LogP contribution in [0.4, 0.5) is 5.69 Å². The van der Waals surface area contributed by atoms with Crippen molar-refractivity contribution in [3.8, 4) is 16.3 Å². The highest BCUT2D eigenvalue weighted by Gasteiger charge is 2.15. The number of methoxy groups -OCH3 is 1. The summed E-state index contributed by atoms with van der Waals surface area (Å²) < 4.78 is 7.09. The SMILES string of the molecule is COc1ccccc1-c1nc(C(=O)Nc2cnc3c(c2)c(C)nn3C)cs1. The summed E-state index contributed by atoms with van der Waals surface area (Å²) in [6, 6.07) is 9.47. The van der Waals surface area contributed by atoms with Gasteiger partial charge in [0.1, 0.15) is 16.5 Å². The van der Waals surface area contributed by atoms with Crippen LogP contribution < -0.4 is 10.1 Å². The number of carbonyl (C=O) groups excluding carboxylic acids is 1. The number of aryl methyl sites for hydroxylation is 2. The number of fused-ring (bicyclic) bond motifs is 1. The van der Waals surface area contributed by atoms with Crippen LogP contribution in [0.2, 0.25) is 0 Å². The van der Waals surface area contributed by atoms with Gasteiger partial charge in [0.05, 0.1) is 30.3 Å². The molecule has 0 saturated carbocycles. The number of nitrogens with zero attached hydrogens (tertiary/aromatic N) is 4. The predicted octanol–water partition coefficient (Wildman–Crippen LogP) is 3.66. The van der Waals surface area contributed by atoms with Crippen molar-refractivity contribution >= 4 is 34.0 Å². The van der Waals surface area contributed by atoms with Crippen molar-refractivity contribution in [1.82, 2.24) is 19.7 Å². The van der Waals surface area contributed by atoms with E-state index in [9.17, 15) is 4.79 Å². The molecule has 1 N–H and O–H groups in total. The van der Waals surface area contributed by atoms with Crippen LogP contribution in [0, 0.1) is 6.92 Å². The van der Waals surface area contributed by atoms with Crippen LogP contribution >= 0.6 is 11.3 Å². The van der Waals surface area contributed by atoms with E-state index in [2.05, 4.69) is 20.4 Å². The highest BCUT2D eigenvalue weighted by atomic mass is 32.1. The minimum atomic E-state index is -0.282. The van der Waals surface area contributed by atoms with Gasteiger partial charge in [0, 0.05) is 17.8 Å². The van der Waals surface area contributed by atoms with Crippen molar-refractivity contribution in [2.45, 2.75) is 6.92 Å². The van der Waals surface area contributed by atoms with Crippen molar-refractivity contribution < 1.29 is 9.53 Å². The van der Waals surface area contributed by atoms with Crippen LogP contribution in [0.25, 0.3) is 21.6 Å². The molecule has 0 unspecified atom stereocenters. The van der Waals surface area contributed by atoms with Crippen LogP contribution in [0.15, 0.2) is 41.9 Å². The van der Waals surface area contributed by atoms with E-state index in [1.54, 1.807) is 23.4 Å². The Bertz CT molecular complexity index is 1150. The molecular weight excluding hydrogens is 362 g/mol. The maximum atomic E-state index is 12.6. The molecule has 4 aromatic rings. The summed E-state index contributed by atoms with van der Waals surface area (Å²) in [5.41, 5.74) is 3.46. The third kappa shape index (κ3) is 3.15. The molecule has 0 atom stereocenters. The fraction of sp³-hybridized carbons (Fsp3) is 0.158. The molecule has 0 spiro atoms. The van der Waals surface area contributed by atoms with Gasteiger partial charge in [-0.1, -0.05) is 12.1 Å². The monoisotopic (exact) mass is 379 g/mol. The number of ether oxygens (including phenoxy) is 1. The third-order valence-electron chi connectivity index (χ3n) is 4.20. The molecule has 27 heavy (non-hydrogen) atoms. The molecule has 8 heteroatoms. The highest BCUT2D eigenvalue weighted by Crippen LogP contribution is 2.32. The zero-order chi connectivity index (χ0) is 19.0. The molecule has 0 saturated heterocycles. The smallest absolute Gasteiger partial charge is 0.275 e. The van der Waals surface area contributed by atoms with E-state index in [4.69, 9.17) is 4.74 Å². The van der Waals surface area contributed by atoms with Crippen LogP contribution in [-0.2, 0) is 7.05 Å². The summed E-state index contributed by atoms with van der Waals surface area (Å²) in [7, 11) is 3.46. The summed E-state index contributed by atoms with van der Waals surface area (Å²) in [4.78, 5) is 21.4. The number of nitrogens with one attached hydrogen (secondary N) is 1. The lowest BCUT2D eigenvalue weighted by Gasteiger charge is -2.05. The molecule has 1 amide bonds. The van der Waals surface area contributed by atoms with Gasteiger partial charge in [0.25, 0.3) is 5.91 Å². The Balaban J connectivity index is 1.59. The van der Waals surface area contributed by atoms with Crippen LogP contribution in [0.5, 0.6) is 5.75 Å². The number of aromatic nitrogens is 4. The van der Waals surface area contributed by atoms with Gasteiger partial charge in [-0.2, -0.15) is 5.10 Å². The Hall–Kier alpha value is -3.26. The van der Waals surface area contributed by atoms with Gasteiger partial charge in [-0.3, -0.25) is 9.48 Å². The number of benzene rings is 1. The van der Waals surface area contributed by atoms with Crippen molar-refractivity contribution in [1.29, 1.82) is 0 Å². The molecule has 0 aliphatic heterocycles. The van der Waals surface area contributed by atoms with Gasteiger partial charge in [0.15, 0.2) is 5.65 Å². The zero-order valence-electron chi connectivity index (χ0n) is 15.1. The van der Waals surface area contributed by atoms with Gasteiger partial charge >= 0.3 is 0 Å². The van der Waals surface area contributed by atoms with Crippen LogP contribution in [-0.4, -0.2) is 32.8 Å². The van der Waals surface area contributed by atoms with Gasteiger partial charge in [0.2, 0.25) is 0 Å². The molecule has 136 valence electrons. The second-order valence-electron chi connectivity index (χ2n) is 6.00. The fourth-order valence-electron chi connectivity index (χ4n) is 2.89. The summed E-state index contributed by atoms with van der Waals surface area (Å²) >= 11 is 1.40. The lowest BCUT2D eigenvalue weighted by Crippen LogP contribution is -2.12. The summed E-state index contributed by atoms with van der Waals surface area (Å²) in [5.74, 6) is 0.440. The first-order chi connectivity index (χ1) is 13.1. The summed E-state index contributed by atoms with van der Waals surface area (Å²) in [5, 5.41) is 10.6. The first-order valence-electron chi connectivity index (χ1n) is 8.26. The lowest BCUT2D eigenvalue weighted by atomic mass is 10.2. The Morgan fingerprint density at radius 3 is 2.93 bits per heavy atom. The maximum absolute atomic E-state index is 12.6. The minimum Gasteiger partial charge on any atom is -0.496 e. The largest absolute Gasteiger partial charge is 0.496 e. The standard InChI is InChI=1S/C19H17N5O2S/c1-11-14-8-12(9-20-17(14)24(2)23-11)21-18(25)15-10-27-19(22-15)13-6-4-5-7-16(13)26-3/h4-10H,1-3H3,(H,21,25). The van der Waals surface area contributed by atoms with E-state index in [-0.39, 0.29) is 5.91 Å². The minimum absolute atomic E-state index is 0.282. The number of anilines is 1. The second-order valence-corrected chi connectivity index (χ2v) is 6.85. The molecule has 7 nitrogen and oxygen atoms in total. The van der Waals surface area contributed by atoms with Gasteiger partial charge < -0.3 is 10.1 Å². The quantitative estimate of drug-likeness (QED) is 0.585. The molecule has 0 bridgehead atoms. The summed E-state index contributed by atoms with van der Waals surface area (Å²) in [6.45, 7) is 1.91. The van der Waals surface area contributed by atoms with Gasteiger partial charge in [-0.25, -0.2) is 9.97 Å². The maximum Gasteiger partial charge on any atom is 0.275 e. The normalized spacial score (nSPS) is 10.9. The average molecular weight is 379 g/mol. The Labute approximate surface area is 159 Å². The molecule has 0 radical (unpaired) electrons. The van der Waals surface area contributed by atoms with Crippen molar-refractivity contribution in [2.75, 3.05) is 12.4 Å². The van der Waals surface area contributed by atoms with Crippen molar-refractivity contribution in [3.05, 3.63) is 53.3 Å². The van der Waals surface area contributed by atoms with Crippen LogP contribution in [0.1, 0.15) is 16.2 Å². The number of thiazole rings is 1. The first-order valence-corrected chi connectivity index (χ1v) is 9.14. The topological polar surface area (TPSA) is 81.9 Å². The number of carbonyl (C=O) groups is 1. The van der Waals surface area contributed by atoms with Crippen molar-refractivity contribution in [2.24, 2.45) is 7.05 Å². The van der Waals surface area contributed by atoms with Gasteiger partial charge in [-0.15, -0.1) is 11.3 Å². The fourth-order valence-corrected chi connectivity index (χ4v) is 3.72. The van der Waals surface area contributed by atoms with Crippen LogP contribution in [0.3, 0.4) is 0 Å². The van der Waals surface area contributed by atoms with E-state index < -0.39 is 0 Å². The Morgan fingerprint density at radius 1 is 1.30 bits per heavy atom. The highest BCUT2D eigenvalue weighted by molar-refractivity contribution is 7.13. The number of para-hydroxylation sites is 1. The molecule has 0 fully saturated rings. The van der Waals surface area contributed by atoms with E-state index in [1.165, 1.54) is 11.3 Å². The molecular formula is C19H17N5O2S. The molecule has 0 aliphatic carbocycles. The number of amides is 1. The molecule has 4 rings (SSSR count). The lowest BCUT2D eigenvalue weighted by molar-refractivity contribution is 0.102. The Kier molecular flexibility index (Phi) is 4.33. The zero-order valence-corrected chi connectivity index (χ0v) is 15.9. The van der Waals surface area contributed by atoms with E-state index in [1.807, 2.05) is 44.3 Å². The van der Waals surface area contributed by atoms with E-state index >= 15 is 0 Å². The molecule has 3 heterocycles. The number of hydrogen-bond donors (Lipinski definition) is 1. The van der Waals surface area contributed by atoms with Crippen molar-refractivity contribution in [3.63, 3.8) is 0 Å². The number of pyridine rings is 1. The van der Waals surface area contributed by atoms with E-state index in [0.717, 1.165) is 33.0 Å². The molecule has 3 aromatic heterocycles. The molecule has 0 aliphatic rings. The predicted molar refractivity (Wildman–Crippen MR) is 105 cm³/mol. The number of hydrogen-bond acceptors (Lipinski definition) is 6. The first kappa shape index (κ1) is 17.2. The molecule has 1 aromatic carbocycles. The van der Waals surface area contributed by atoms with E-state index in [0.29, 0.717) is 11.4 Å². The number of rotatable bonds is 4.